The molecule has 0 radical (unpaired) electrons. The lowest BCUT2D eigenvalue weighted by molar-refractivity contribution is -0.153. The Morgan fingerprint density at radius 3 is 2.32 bits per heavy atom. The average molecular weight is 521 g/mol. The van der Waals surface area contributed by atoms with Crippen LogP contribution in [0.4, 0.5) is 0 Å². The largest absolute Gasteiger partial charge is 0.508 e. The molecule has 5 rings (SSSR count). The number of benzene rings is 2. The molecule has 10 heteroatoms. The first-order chi connectivity index (χ1) is 17.8. The van der Waals surface area contributed by atoms with Gasteiger partial charge in [-0.1, -0.05) is 12.1 Å². The van der Waals surface area contributed by atoms with Gasteiger partial charge in [-0.15, -0.1) is 0 Å². The number of fused-ring (bicyclic) bond motifs is 3. The summed E-state index contributed by atoms with van der Waals surface area (Å²) in [5, 5.41) is 54.6. The summed E-state index contributed by atoms with van der Waals surface area (Å²) in [5.74, 6) is -6.77. The normalized spacial score (nSPS) is 26.8. The molecule has 1 amide bonds. The number of hydrogen-bond acceptors (Lipinski definition) is 9. The Labute approximate surface area is 217 Å². The van der Waals surface area contributed by atoms with E-state index in [0.29, 0.717) is 16.7 Å². The SMILES string of the molecule is Cc1cc(-c2ccc(O)c3c2CC2CC4C(N(C)C)C(=O)C(C(N)=O)=C(O)C4(O)C(=O)C2=C3O)ccc1O. The standard InChI is InChI=1S/C28H28N2O8/c1-11-8-12(4-6-17(11)31)14-5-7-18(32)20-15(14)9-13-10-16-22(30(2)3)24(34)21(27(29)37)26(36)28(16,38)25(35)19(13)23(20)33/h4-8,13,16,22,31-33,36,38H,9-10H2,1-3H3,(H2,29,37). The second-order valence-electron chi connectivity index (χ2n) is 10.4. The van der Waals surface area contributed by atoms with Crippen LogP contribution in [-0.4, -0.2) is 73.6 Å². The second-order valence-corrected chi connectivity index (χ2v) is 10.4. The maximum absolute atomic E-state index is 13.9. The average Bonchev–Trinajstić information content (AvgIpc) is 2.83. The Balaban J connectivity index is 1.74. The number of ketones is 2. The van der Waals surface area contributed by atoms with Crippen molar-refractivity contribution < 1.29 is 39.9 Å². The fraction of sp³-hybridized carbons (Fsp3) is 0.321. The Bertz CT molecular complexity index is 1500. The number of aromatic hydroxyl groups is 2. The summed E-state index contributed by atoms with van der Waals surface area (Å²) in [6, 6.07) is 6.92. The maximum atomic E-state index is 13.9. The van der Waals surface area contributed by atoms with Gasteiger partial charge in [0, 0.05) is 11.5 Å². The van der Waals surface area contributed by atoms with Gasteiger partial charge in [0.15, 0.2) is 11.4 Å². The van der Waals surface area contributed by atoms with Gasteiger partial charge in [0.25, 0.3) is 5.91 Å². The van der Waals surface area contributed by atoms with Gasteiger partial charge in [0.2, 0.25) is 5.78 Å². The number of likely N-dealkylation sites (N-methyl/N-ethyl adjacent to an activating group) is 1. The molecule has 1 saturated carbocycles. The van der Waals surface area contributed by atoms with Crippen molar-refractivity contribution >= 4 is 23.2 Å². The number of nitrogens with zero attached hydrogens (tertiary/aromatic N) is 1. The van der Waals surface area contributed by atoms with Crippen molar-refractivity contribution in [1.82, 2.24) is 4.90 Å². The van der Waals surface area contributed by atoms with Crippen LogP contribution in [-0.2, 0) is 20.8 Å². The highest BCUT2D eigenvalue weighted by atomic mass is 16.3. The van der Waals surface area contributed by atoms with Crippen molar-refractivity contribution in [3.05, 3.63) is 63.9 Å². The number of rotatable bonds is 3. The number of Topliss-reactive ketones (excluding diaryl/α,β-unsaturated/α-hetero) is 2. The van der Waals surface area contributed by atoms with Gasteiger partial charge in [-0.2, -0.15) is 0 Å². The zero-order valence-electron chi connectivity index (χ0n) is 21.0. The van der Waals surface area contributed by atoms with E-state index in [-0.39, 0.29) is 35.5 Å². The maximum Gasteiger partial charge on any atom is 0.255 e. The Kier molecular flexibility index (Phi) is 5.66. The zero-order valence-corrected chi connectivity index (χ0v) is 21.0. The van der Waals surface area contributed by atoms with E-state index < -0.39 is 58.0 Å². The number of aryl methyl sites for hydroxylation is 1. The minimum absolute atomic E-state index is 0.00939. The molecule has 0 aromatic heterocycles. The van der Waals surface area contributed by atoms with Crippen LogP contribution in [0.5, 0.6) is 11.5 Å². The number of amides is 1. The van der Waals surface area contributed by atoms with Gasteiger partial charge < -0.3 is 31.3 Å². The molecule has 38 heavy (non-hydrogen) atoms. The third-order valence-corrected chi connectivity index (χ3v) is 8.11. The molecule has 4 atom stereocenters. The smallest absolute Gasteiger partial charge is 0.255 e. The molecule has 0 aliphatic heterocycles. The zero-order chi connectivity index (χ0) is 27.8. The number of nitrogens with two attached hydrogens (primary N) is 1. The van der Waals surface area contributed by atoms with E-state index in [1.165, 1.54) is 11.0 Å². The van der Waals surface area contributed by atoms with Crippen LogP contribution in [0.25, 0.3) is 16.9 Å². The minimum Gasteiger partial charge on any atom is -0.508 e. The molecule has 2 aromatic rings. The first kappa shape index (κ1) is 25.5. The predicted molar refractivity (Wildman–Crippen MR) is 136 cm³/mol. The monoisotopic (exact) mass is 520 g/mol. The van der Waals surface area contributed by atoms with Gasteiger partial charge in [0.1, 0.15) is 28.6 Å². The molecule has 0 spiro atoms. The fourth-order valence-electron chi connectivity index (χ4n) is 6.34. The quantitative estimate of drug-likeness (QED) is 0.328. The lowest BCUT2D eigenvalue weighted by Crippen LogP contribution is -2.65. The molecule has 198 valence electrons. The molecular weight excluding hydrogens is 492 g/mol. The Hall–Kier alpha value is -4.15. The number of aliphatic hydroxyl groups excluding tert-OH is 2. The minimum atomic E-state index is -2.67. The molecule has 0 saturated heterocycles. The predicted octanol–water partition coefficient (Wildman–Crippen LogP) is 1.65. The van der Waals surface area contributed by atoms with Gasteiger partial charge in [-0.3, -0.25) is 19.3 Å². The number of carbonyl (C=O) groups is 3. The summed E-state index contributed by atoms with van der Waals surface area (Å²) in [5.41, 5.74) is 4.21. The number of aliphatic hydroxyl groups is 3. The van der Waals surface area contributed by atoms with E-state index >= 15 is 0 Å². The Morgan fingerprint density at radius 1 is 1.05 bits per heavy atom. The third kappa shape index (κ3) is 3.30. The Morgan fingerprint density at radius 2 is 1.71 bits per heavy atom. The number of phenols is 2. The fourth-order valence-corrected chi connectivity index (χ4v) is 6.34. The van der Waals surface area contributed by atoms with Crippen molar-refractivity contribution in [1.29, 1.82) is 0 Å². The molecule has 4 unspecified atom stereocenters. The van der Waals surface area contributed by atoms with Gasteiger partial charge in [-0.05, 0) is 80.2 Å². The molecule has 10 nitrogen and oxygen atoms in total. The highest BCUT2D eigenvalue weighted by Crippen LogP contribution is 2.53. The number of carbonyl (C=O) groups excluding carboxylic acids is 3. The summed E-state index contributed by atoms with van der Waals surface area (Å²) in [7, 11) is 3.10. The van der Waals surface area contributed by atoms with E-state index in [4.69, 9.17) is 5.73 Å². The first-order valence-corrected chi connectivity index (χ1v) is 12.1. The van der Waals surface area contributed by atoms with E-state index in [1.807, 2.05) is 0 Å². The molecular formula is C28H28N2O8. The highest BCUT2D eigenvalue weighted by molar-refractivity contribution is 6.24. The van der Waals surface area contributed by atoms with Crippen LogP contribution in [0, 0.1) is 18.8 Å². The van der Waals surface area contributed by atoms with E-state index in [0.717, 1.165) is 5.56 Å². The van der Waals surface area contributed by atoms with Crippen LogP contribution in [0.2, 0.25) is 0 Å². The van der Waals surface area contributed by atoms with E-state index in [1.54, 1.807) is 45.3 Å². The molecule has 3 aliphatic carbocycles. The first-order valence-electron chi connectivity index (χ1n) is 12.1. The van der Waals surface area contributed by atoms with Crippen molar-refractivity contribution in [3.63, 3.8) is 0 Å². The molecule has 2 aromatic carbocycles. The highest BCUT2D eigenvalue weighted by Gasteiger charge is 2.64. The van der Waals surface area contributed by atoms with Crippen LogP contribution < -0.4 is 5.73 Å². The van der Waals surface area contributed by atoms with Crippen molar-refractivity contribution in [3.8, 4) is 22.6 Å². The van der Waals surface area contributed by atoms with Gasteiger partial charge >= 0.3 is 0 Å². The van der Waals surface area contributed by atoms with Crippen molar-refractivity contribution in [2.24, 2.45) is 17.6 Å². The van der Waals surface area contributed by atoms with Crippen molar-refractivity contribution in [2.75, 3.05) is 14.1 Å². The van der Waals surface area contributed by atoms with Crippen LogP contribution in [0.1, 0.15) is 23.1 Å². The molecule has 7 N–H and O–H groups in total. The van der Waals surface area contributed by atoms with E-state index in [9.17, 15) is 39.9 Å². The van der Waals surface area contributed by atoms with Crippen LogP contribution in [0.3, 0.4) is 0 Å². The molecule has 0 heterocycles. The number of primary amides is 1. The molecule has 1 fully saturated rings. The molecule has 0 bridgehead atoms. The lowest BCUT2D eigenvalue weighted by Gasteiger charge is -2.50. The van der Waals surface area contributed by atoms with Crippen molar-refractivity contribution in [2.45, 2.75) is 31.4 Å². The third-order valence-electron chi connectivity index (χ3n) is 8.11. The summed E-state index contributed by atoms with van der Waals surface area (Å²) in [4.78, 5) is 40.6. The topological polar surface area (TPSA) is 182 Å². The molecule has 3 aliphatic rings. The van der Waals surface area contributed by atoms with E-state index in [2.05, 4.69) is 0 Å². The summed E-state index contributed by atoms with van der Waals surface area (Å²) in [6.07, 6.45) is 0.188. The van der Waals surface area contributed by atoms with Gasteiger partial charge in [-0.25, -0.2) is 0 Å². The summed E-state index contributed by atoms with van der Waals surface area (Å²) in [6.45, 7) is 1.74. The number of hydrogen-bond donors (Lipinski definition) is 6. The van der Waals surface area contributed by atoms with Crippen LogP contribution in [0.15, 0.2) is 47.2 Å². The number of phenolic OH excluding ortho intramolecular Hbond substituents is 2. The van der Waals surface area contributed by atoms with Gasteiger partial charge in [0.05, 0.1) is 11.6 Å². The summed E-state index contributed by atoms with van der Waals surface area (Å²) >= 11 is 0. The van der Waals surface area contributed by atoms with Crippen LogP contribution >= 0.6 is 0 Å². The lowest BCUT2D eigenvalue weighted by atomic mass is 9.57. The summed E-state index contributed by atoms with van der Waals surface area (Å²) < 4.78 is 0. The second kappa shape index (κ2) is 8.44.